The van der Waals surface area contributed by atoms with Gasteiger partial charge in [-0.15, -0.1) is 11.3 Å². The lowest BCUT2D eigenvalue weighted by Gasteiger charge is -2.43. The van der Waals surface area contributed by atoms with Crippen LogP contribution in [0.5, 0.6) is 0 Å². The number of likely N-dealkylation sites (tertiary alicyclic amines) is 1. The molecule has 144 valence electrons. The van der Waals surface area contributed by atoms with Crippen LogP contribution in [0.2, 0.25) is 0 Å². The molecule has 1 aliphatic carbocycles. The van der Waals surface area contributed by atoms with Crippen molar-refractivity contribution in [2.45, 2.75) is 57.5 Å². The highest BCUT2D eigenvalue weighted by molar-refractivity contribution is 7.11. The number of amides is 2. The molecule has 1 aromatic rings. The van der Waals surface area contributed by atoms with Gasteiger partial charge in [-0.2, -0.15) is 0 Å². The van der Waals surface area contributed by atoms with E-state index in [2.05, 4.69) is 17.2 Å². The van der Waals surface area contributed by atoms with Crippen molar-refractivity contribution in [2.75, 3.05) is 26.2 Å². The van der Waals surface area contributed by atoms with Crippen LogP contribution in [0, 0.1) is 6.92 Å². The van der Waals surface area contributed by atoms with Crippen LogP contribution >= 0.6 is 11.3 Å². The molecule has 0 unspecified atom stereocenters. The number of rotatable bonds is 6. The third-order valence-electron chi connectivity index (χ3n) is 5.47. The van der Waals surface area contributed by atoms with E-state index < -0.39 is 5.97 Å². The average molecular weight is 381 g/mol. The molecule has 2 amide bonds. The third-order valence-corrected chi connectivity index (χ3v) is 6.55. The molecule has 2 fully saturated rings. The van der Waals surface area contributed by atoms with E-state index in [1.807, 2.05) is 22.9 Å². The summed E-state index contributed by atoms with van der Waals surface area (Å²) in [5.74, 6) is -0.322. The van der Waals surface area contributed by atoms with Crippen molar-refractivity contribution in [1.29, 1.82) is 0 Å². The lowest BCUT2D eigenvalue weighted by Crippen LogP contribution is -2.57. The van der Waals surface area contributed by atoms with Gasteiger partial charge in [-0.25, -0.2) is 9.78 Å². The van der Waals surface area contributed by atoms with Gasteiger partial charge >= 0.3 is 12.0 Å². The zero-order valence-electron chi connectivity index (χ0n) is 15.5. The molecule has 26 heavy (non-hydrogen) atoms. The Kier molecular flexibility index (Phi) is 6.13. The molecular weight excluding hydrogens is 352 g/mol. The molecule has 7 nitrogen and oxygen atoms in total. The van der Waals surface area contributed by atoms with Gasteiger partial charge in [0.15, 0.2) is 0 Å². The standard InChI is InChI=1S/C18H28N4O3S/c1-3-21(11-16(23)24)15-8-14(9-15)20-18(25)22-6-4-13(5-7-22)17-19-10-12(2)26-17/h10,13-15H,3-9,11H2,1-2H3,(H,20,25)(H,23,24). The number of aliphatic carboxylic acids is 1. The van der Waals surface area contributed by atoms with E-state index in [-0.39, 0.29) is 24.7 Å². The number of carbonyl (C=O) groups is 2. The molecule has 0 bridgehead atoms. The Labute approximate surface area is 158 Å². The molecule has 1 aliphatic heterocycles. The first kappa shape index (κ1) is 19.1. The predicted octanol–water partition coefficient (Wildman–Crippen LogP) is 2.28. The third kappa shape index (κ3) is 4.54. The predicted molar refractivity (Wildman–Crippen MR) is 101 cm³/mol. The van der Waals surface area contributed by atoms with Gasteiger partial charge in [-0.3, -0.25) is 9.69 Å². The number of aromatic nitrogens is 1. The summed E-state index contributed by atoms with van der Waals surface area (Å²) in [6.07, 6.45) is 5.53. The summed E-state index contributed by atoms with van der Waals surface area (Å²) in [6.45, 7) is 6.39. The van der Waals surface area contributed by atoms with Crippen molar-refractivity contribution in [3.05, 3.63) is 16.1 Å². The summed E-state index contributed by atoms with van der Waals surface area (Å²) in [7, 11) is 0. The van der Waals surface area contributed by atoms with Gasteiger partial charge < -0.3 is 15.3 Å². The number of carboxylic acids is 1. The first-order valence-electron chi connectivity index (χ1n) is 9.39. The van der Waals surface area contributed by atoms with Crippen LogP contribution in [0.4, 0.5) is 4.79 Å². The van der Waals surface area contributed by atoms with Crippen LogP contribution in [-0.4, -0.2) is 70.2 Å². The number of thiazole rings is 1. The number of aryl methyl sites for hydroxylation is 1. The molecule has 3 rings (SSSR count). The average Bonchev–Trinajstić information content (AvgIpc) is 3.02. The smallest absolute Gasteiger partial charge is 0.317 e. The minimum absolute atomic E-state index is 0.0171. The van der Waals surface area contributed by atoms with Gasteiger partial charge in [0.25, 0.3) is 0 Å². The van der Waals surface area contributed by atoms with Gasteiger partial charge in [0.2, 0.25) is 0 Å². The number of carbonyl (C=O) groups excluding carboxylic acids is 1. The second-order valence-electron chi connectivity index (χ2n) is 7.30. The van der Waals surface area contributed by atoms with Gasteiger partial charge in [-0.05, 0) is 39.2 Å². The summed E-state index contributed by atoms with van der Waals surface area (Å²) in [6, 6.07) is 0.443. The van der Waals surface area contributed by atoms with Crippen LogP contribution in [0.1, 0.15) is 48.4 Å². The molecule has 2 heterocycles. The Morgan fingerprint density at radius 2 is 2.08 bits per heavy atom. The first-order valence-corrected chi connectivity index (χ1v) is 10.2. The summed E-state index contributed by atoms with van der Waals surface area (Å²) in [5.41, 5.74) is 0. The van der Waals surface area contributed by atoms with Crippen molar-refractivity contribution in [3.8, 4) is 0 Å². The highest BCUT2D eigenvalue weighted by Crippen LogP contribution is 2.31. The van der Waals surface area contributed by atoms with E-state index in [0.717, 1.165) is 45.3 Å². The fraction of sp³-hybridized carbons (Fsp3) is 0.722. The minimum Gasteiger partial charge on any atom is -0.480 e. The van der Waals surface area contributed by atoms with Crippen LogP contribution in [-0.2, 0) is 4.79 Å². The lowest BCUT2D eigenvalue weighted by molar-refractivity contribution is -0.139. The molecule has 2 N–H and O–H groups in total. The Balaban J connectivity index is 1.39. The topological polar surface area (TPSA) is 85.8 Å². The van der Waals surface area contributed by atoms with Crippen LogP contribution in [0.25, 0.3) is 0 Å². The van der Waals surface area contributed by atoms with E-state index >= 15 is 0 Å². The highest BCUT2D eigenvalue weighted by Gasteiger charge is 2.36. The highest BCUT2D eigenvalue weighted by atomic mass is 32.1. The van der Waals surface area contributed by atoms with E-state index in [9.17, 15) is 9.59 Å². The van der Waals surface area contributed by atoms with Crippen molar-refractivity contribution in [1.82, 2.24) is 20.1 Å². The Bertz CT molecular complexity index is 636. The normalized spacial score (nSPS) is 23.7. The molecule has 0 spiro atoms. The summed E-state index contributed by atoms with van der Waals surface area (Å²) in [4.78, 5) is 32.9. The first-order chi connectivity index (χ1) is 12.5. The molecule has 8 heteroatoms. The fourth-order valence-corrected chi connectivity index (χ4v) is 4.78. The molecule has 0 radical (unpaired) electrons. The van der Waals surface area contributed by atoms with Crippen molar-refractivity contribution >= 4 is 23.3 Å². The number of hydrogen-bond acceptors (Lipinski definition) is 5. The fourth-order valence-electron chi connectivity index (χ4n) is 3.83. The lowest BCUT2D eigenvalue weighted by atomic mass is 9.85. The Morgan fingerprint density at radius 3 is 2.62 bits per heavy atom. The molecule has 2 aliphatic rings. The number of nitrogens with one attached hydrogen (secondary N) is 1. The zero-order valence-corrected chi connectivity index (χ0v) is 16.3. The second kappa shape index (κ2) is 8.35. The Morgan fingerprint density at radius 1 is 1.38 bits per heavy atom. The summed E-state index contributed by atoms with van der Waals surface area (Å²) < 4.78 is 0. The monoisotopic (exact) mass is 380 g/mol. The minimum atomic E-state index is -0.794. The van der Waals surface area contributed by atoms with Gasteiger partial charge in [0.05, 0.1) is 11.6 Å². The zero-order chi connectivity index (χ0) is 18.7. The van der Waals surface area contributed by atoms with E-state index in [1.54, 1.807) is 11.3 Å². The van der Waals surface area contributed by atoms with Crippen LogP contribution < -0.4 is 5.32 Å². The van der Waals surface area contributed by atoms with E-state index in [4.69, 9.17) is 5.11 Å². The maximum atomic E-state index is 12.5. The quantitative estimate of drug-likeness (QED) is 0.791. The van der Waals surface area contributed by atoms with Gasteiger partial charge in [0.1, 0.15) is 0 Å². The summed E-state index contributed by atoms with van der Waals surface area (Å²) in [5, 5.41) is 13.3. The molecule has 1 saturated carbocycles. The van der Waals surface area contributed by atoms with Crippen LogP contribution in [0.15, 0.2) is 6.20 Å². The van der Waals surface area contributed by atoms with E-state index in [1.165, 1.54) is 9.88 Å². The number of likely N-dealkylation sites (N-methyl/N-ethyl adjacent to an activating group) is 1. The number of nitrogens with zero attached hydrogens (tertiary/aromatic N) is 3. The molecular formula is C18H28N4O3S. The van der Waals surface area contributed by atoms with Crippen molar-refractivity contribution in [3.63, 3.8) is 0 Å². The number of piperidine rings is 1. The Hall–Kier alpha value is -1.67. The SMILES string of the molecule is CCN(CC(=O)O)C1CC(NC(=O)N2CCC(c3ncc(C)s3)CC2)C1. The van der Waals surface area contributed by atoms with Gasteiger partial charge in [-0.1, -0.05) is 6.92 Å². The molecule has 0 aromatic carbocycles. The molecule has 0 atom stereocenters. The second-order valence-corrected chi connectivity index (χ2v) is 8.57. The largest absolute Gasteiger partial charge is 0.480 e. The maximum absolute atomic E-state index is 12.5. The van der Waals surface area contributed by atoms with Crippen molar-refractivity contribution < 1.29 is 14.7 Å². The molecule has 1 saturated heterocycles. The van der Waals surface area contributed by atoms with Crippen molar-refractivity contribution in [2.24, 2.45) is 0 Å². The molecule has 1 aromatic heterocycles. The van der Waals surface area contributed by atoms with Crippen LogP contribution in [0.3, 0.4) is 0 Å². The maximum Gasteiger partial charge on any atom is 0.317 e. The summed E-state index contributed by atoms with van der Waals surface area (Å²) >= 11 is 1.76. The van der Waals surface area contributed by atoms with E-state index in [0.29, 0.717) is 5.92 Å². The van der Waals surface area contributed by atoms with Gasteiger partial charge in [0, 0.05) is 42.2 Å². The number of urea groups is 1. The number of hydrogen-bond donors (Lipinski definition) is 2. The number of carboxylic acid groups (broad SMARTS) is 1.